The molecule has 0 atom stereocenters. The molecule has 1 heterocycles. The maximum atomic E-state index is 11.1. The van der Waals surface area contributed by atoms with Crippen LogP contribution in [0.3, 0.4) is 0 Å². The molecule has 20 heavy (non-hydrogen) atoms. The van der Waals surface area contributed by atoms with E-state index in [1.54, 1.807) is 7.11 Å². The minimum Gasteiger partial charge on any atom is -0.385 e. The second-order valence-electron chi connectivity index (χ2n) is 5.08. The molecule has 9 heteroatoms. The molecule has 1 rings (SSSR count). The standard InChI is InChI=1S/C11H20N6O3/c1-11(2,4-5-20-3)6-13-9-8(17(18)19)10(16-12)15-7-14-9/h7H,4-6,12H2,1-3H3,(H2,13,14,15,16). The monoisotopic (exact) mass is 284 g/mol. The number of anilines is 2. The number of methoxy groups -OCH3 is 1. The summed E-state index contributed by atoms with van der Waals surface area (Å²) in [6.07, 6.45) is 2.03. The Bertz CT molecular complexity index is 465. The molecule has 0 amide bonds. The SMILES string of the molecule is COCCC(C)(C)CNc1ncnc(NN)c1[N+](=O)[O-]. The van der Waals surface area contributed by atoms with Gasteiger partial charge in [0.2, 0.25) is 11.6 Å². The first kappa shape index (κ1) is 16.1. The maximum Gasteiger partial charge on any atom is 0.354 e. The number of nitrogens with two attached hydrogens (primary N) is 1. The Labute approximate surface area is 117 Å². The lowest BCUT2D eigenvalue weighted by molar-refractivity contribution is -0.383. The van der Waals surface area contributed by atoms with E-state index in [1.165, 1.54) is 6.33 Å². The first-order chi connectivity index (χ1) is 9.41. The zero-order valence-electron chi connectivity index (χ0n) is 11.8. The van der Waals surface area contributed by atoms with Crippen LogP contribution in [0, 0.1) is 15.5 Å². The van der Waals surface area contributed by atoms with Crippen molar-refractivity contribution in [1.29, 1.82) is 0 Å². The molecule has 0 spiro atoms. The Hall–Kier alpha value is -2.00. The lowest BCUT2D eigenvalue weighted by Gasteiger charge is -2.24. The van der Waals surface area contributed by atoms with Crippen LogP contribution in [0.1, 0.15) is 20.3 Å². The van der Waals surface area contributed by atoms with E-state index in [9.17, 15) is 10.1 Å². The third-order valence-corrected chi connectivity index (χ3v) is 2.86. The molecule has 0 bridgehead atoms. The molecule has 1 aromatic heterocycles. The Morgan fingerprint density at radius 3 is 2.65 bits per heavy atom. The summed E-state index contributed by atoms with van der Waals surface area (Å²) < 4.78 is 5.04. The zero-order valence-corrected chi connectivity index (χ0v) is 11.8. The molecular weight excluding hydrogens is 264 g/mol. The van der Waals surface area contributed by atoms with E-state index in [0.717, 1.165) is 6.42 Å². The summed E-state index contributed by atoms with van der Waals surface area (Å²) in [7, 11) is 1.64. The van der Waals surface area contributed by atoms with Gasteiger partial charge in [-0.3, -0.25) is 10.1 Å². The lowest BCUT2D eigenvalue weighted by Crippen LogP contribution is -2.25. The number of hydrogen-bond acceptors (Lipinski definition) is 8. The molecule has 4 N–H and O–H groups in total. The van der Waals surface area contributed by atoms with Gasteiger partial charge in [0.05, 0.1) is 4.92 Å². The quantitative estimate of drug-likeness (QED) is 0.368. The molecule has 0 saturated heterocycles. The molecule has 0 radical (unpaired) electrons. The number of hydrazine groups is 1. The summed E-state index contributed by atoms with van der Waals surface area (Å²) in [6, 6.07) is 0. The number of ether oxygens (including phenoxy) is 1. The third-order valence-electron chi connectivity index (χ3n) is 2.86. The maximum absolute atomic E-state index is 11.1. The summed E-state index contributed by atoms with van der Waals surface area (Å²) >= 11 is 0. The second-order valence-corrected chi connectivity index (χ2v) is 5.08. The highest BCUT2D eigenvalue weighted by atomic mass is 16.6. The van der Waals surface area contributed by atoms with Crippen LogP contribution >= 0.6 is 0 Å². The van der Waals surface area contributed by atoms with Crippen LogP contribution in [-0.4, -0.2) is 35.2 Å². The molecule has 0 aliphatic rings. The number of nitrogen functional groups attached to an aromatic ring is 1. The van der Waals surface area contributed by atoms with Gasteiger partial charge in [0.15, 0.2) is 0 Å². The van der Waals surface area contributed by atoms with Crippen molar-refractivity contribution in [2.75, 3.05) is 31.0 Å². The van der Waals surface area contributed by atoms with E-state index < -0.39 is 4.92 Å². The van der Waals surface area contributed by atoms with Gasteiger partial charge in [-0.2, -0.15) is 0 Å². The summed E-state index contributed by atoms with van der Waals surface area (Å²) in [5.74, 6) is 5.33. The van der Waals surface area contributed by atoms with Gasteiger partial charge in [-0.25, -0.2) is 15.8 Å². The molecule has 112 valence electrons. The smallest absolute Gasteiger partial charge is 0.354 e. The molecule has 1 aromatic rings. The van der Waals surface area contributed by atoms with Crippen molar-refractivity contribution in [3.8, 4) is 0 Å². The van der Waals surface area contributed by atoms with E-state index in [2.05, 4.69) is 20.7 Å². The molecule has 0 unspecified atom stereocenters. The van der Waals surface area contributed by atoms with Crippen molar-refractivity contribution < 1.29 is 9.66 Å². The van der Waals surface area contributed by atoms with Crippen LogP contribution in [0.4, 0.5) is 17.3 Å². The predicted octanol–water partition coefficient (Wildman–Crippen LogP) is 1.15. The fourth-order valence-corrected chi connectivity index (χ4v) is 1.58. The third kappa shape index (κ3) is 4.28. The largest absolute Gasteiger partial charge is 0.385 e. The molecule has 0 saturated carbocycles. The molecule has 0 aliphatic carbocycles. The van der Waals surface area contributed by atoms with Gasteiger partial charge in [-0.15, -0.1) is 0 Å². The van der Waals surface area contributed by atoms with Gasteiger partial charge < -0.3 is 15.5 Å². The van der Waals surface area contributed by atoms with E-state index in [-0.39, 0.29) is 22.7 Å². The summed E-state index contributed by atoms with van der Waals surface area (Å²) in [5.41, 5.74) is 1.84. The lowest BCUT2D eigenvalue weighted by atomic mass is 9.90. The molecular formula is C11H20N6O3. The van der Waals surface area contributed by atoms with Crippen molar-refractivity contribution in [3.63, 3.8) is 0 Å². The Morgan fingerprint density at radius 1 is 1.45 bits per heavy atom. The van der Waals surface area contributed by atoms with Crippen LogP contribution in [0.5, 0.6) is 0 Å². The number of nitrogens with zero attached hydrogens (tertiary/aromatic N) is 3. The Morgan fingerprint density at radius 2 is 2.10 bits per heavy atom. The van der Waals surface area contributed by atoms with E-state index in [0.29, 0.717) is 13.2 Å². The van der Waals surface area contributed by atoms with Crippen LogP contribution in [-0.2, 0) is 4.74 Å². The molecule has 0 aliphatic heterocycles. The Balaban J connectivity index is 2.85. The van der Waals surface area contributed by atoms with Gasteiger partial charge in [-0.05, 0) is 11.8 Å². The van der Waals surface area contributed by atoms with Crippen molar-refractivity contribution in [3.05, 3.63) is 16.4 Å². The fourth-order valence-electron chi connectivity index (χ4n) is 1.58. The highest BCUT2D eigenvalue weighted by Gasteiger charge is 2.24. The second kappa shape index (κ2) is 6.96. The fraction of sp³-hybridized carbons (Fsp3) is 0.636. The van der Waals surface area contributed by atoms with Crippen molar-refractivity contribution >= 4 is 17.3 Å². The molecule has 9 nitrogen and oxygen atoms in total. The van der Waals surface area contributed by atoms with Crippen molar-refractivity contribution in [2.24, 2.45) is 11.3 Å². The first-order valence-corrected chi connectivity index (χ1v) is 6.10. The van der Waals surface area contributed by atoms with Gasteiger partial charge >= 0.3 is 5.69 Å². The van der Waals surface area contributed by atoms with Crippen LogP contribution in [0.15, 0.2) is 6.33 Å². The van der Waals surface area contributed by atoms with E-state index in [4.69, 9.17) is 10.6 Å². The van der Waals surface area contributed by atoms with Gasteiger partial charge in [0.25, 0.3) is 0 Å². The summed E-state index contributed by atoms with van der Waals surface area (Å²) in [5, 5.41) is 14.0. The number of nitrogens with one attached hydrogen (secondary N) is 2. The number of aromatic nitrogens is 2. The van der Waals surface area contributed by atoms with Crippen LogP contribution in [0.2, 0.25) is 0 Å². The topological polar surface area (TPSA) is 128 Å². The Kier molecular flexibility index (Phi) is 5.59. The average Bonchev–Trinajstić information content (AvgIpc) is 2.42. The van der Waals surface area contributed by atoms with Crippen molar-refractivity contribution in [2.45, 2.75) is 20.3 Å². The van der Waals surface area contributed by atoms with Gasteiger partial charge in [0, 0.05) is 20.3 Å². The van der Waals surface area contributed by atoms with Crippen LogP contribution < -0.4 is 16.6 Å². The molecule has 0 fully saturated rings. The number of nitro groups is 1. The van der Waals surface area contributed by atoms with Crippen LogP contribution in [0.25, 0.3) is 0 Å². The van der Waals surface area contributed by atoms with Gasteiger partial charge in [-0.1, -0.05) is 13.8 Å². The summed E-state index contributed by atoms with van der Waals surface area (Å²) in [4.78, 5) is 18.1. The zero-order chi connectivity index (χ0) is 15.2. The van der Waals surface area contributed by atoms with E-state index >= 15 is 0 Å². The van der Waals surface area contributed by atoms with Crippen molar-refractivity contribution in [1.82, 2.24) is 9.97 Å². The number of rotatable bonds is 8. The average molecular weight is 284 g/mol. The minimum absolute atomic E-state index is 0.0257. The van der Waals surface area contributed by atoms with E-state index in [1.807, 2.05) is 13.8 Å². The first-order valence-electron chi connectivity index (χ1n) is 6.10. The highest BCUT2D eigenvalue weighted by molar-refractivity contribution is 5.68. The summed E-state index contributed by atoms with van der Waals surface area (Å²) in [6.45, 7) is 5.21. The predicted molar refractivity (Wildman–Crippen MR) is 75.3 cm³/mol. The number of hydrogen-bond donors (Lipinski definition) is 3. The normalized spacial score (nSPS) is 11.2. The molecule has 0 aromatic carbocycles. The minimum atomic E-state index is -0.570. The van der Waals surface area contributed by atoms with Gasteiger partial charge in [0.1, 0.15) is 6.33 Å². The highest BCUT2D eigenvalue weighted by Crippen LogP contribution is 2.29.